The van der Waals surface area contributed by atoms with Crippen molar-refractivity contribution in [2.24, 2.45) is 0 Å². The molecule has 5 heteroatoms. The van der Waals surface area contributed by atoms with E-state index < -0.39 is 20.3 Å². The van der Waals surface area contributed by atoms with E-state index in [1.165, 1.54) is 12.1 Å². The molecule has 0 aromatic heterocycles. The highest BCUT2D eigenvalue weighted by Crippen LogP contribution is 2.32. The average molecular weight is 217 g/mol. The molecule has 0 aliphatic carbocycles. The summed E-state index contributed by atoms with van der Waals surface area (Å²) < 4.78 is 21.4. The minimum Gasteiger partial charge on any atom is -0.291 e. The summed E-state index contributed by atoms with van der Waals surface area (Å²) in [4.78, 5) is 11.3. The van der Waals surface area contributed by atoms with Crippen molar-refractivity contribution >= 4 is 27.2 Å². The number of halogens is 1. The first-order chi connectivity index (χ1) is 6.05. The van der Waals surface area contributed by atoms with Gasteiger partial charge in [-0.3, -0.25) is 4.79 Å². The van der Waals surface area contributed by atoms with E-state index in [9.17, 15) is 13.2 Å². The van der Waals surface area contributed by atoms with E-state index in [0.717, 1.165) is 0 Å². The van der Waals surface area contributed by atoms with E-state index in [1.807, 2.05) is 0 Å². The zero-order valence-electron chi connectivity index (χ0n) is 6.40. The van der Waals surface area contributed by atoms with Crippen LogP contribution < -0.4 is 0 Å². The molecule has 0 amide bonds. The number of alkyl halides is 1. The molecule has 0 bridgehead atoms. The Kier molecular flexibility index (Phi) is 1.72. The van der Waals surface area contributed by atoms with Crippen LogP contribution in [0.3, 0.4) is 0 Å². The van der Waals surface area contributed by atoms with Gasteiger partial charge >= 0.3 is 0 Å². The number of sulfone groups is 1. The first-order valence-electron chi connectivity index (χ1n) is 3.56. The molecule has 1 aromatic rings. The summed E-state index contributed by atoms with van der Waals surface area (Å²) in [7, 11) is -3.62. The summed E-state index contributed by atoms with van der Waals surface area (Å²) in [5.74, 6) is -0.530. The summed E-state index contributed by atoms with van der Waals surface area (Å²) in [5, 5.41) is 0. The van der Waals surface area contributed by atoms with Crippen LogP contribution in [0.1, 0.15) is 10.4 Å². The fraction of sp³-hybridized carbons (Fsp3) is 0.125. The number of carbonyl (C=O) groups is 1. The summed E-state index contributed by atoms with van der Waals surface area (Å²) in [6.45, 7) is 0. The second kappa shape index (κ2) is 2.56. The number of rotatable bonds is 0. The predicted molar refractivity (Wildman–Crippen MR) is 47.6 cm³/mol. The number of Topliss-reactive ketones (excluding diaryl/α,β-unsaturated/α-hetero) is 1. The summed E-state index contributed by atoms with van der Waals surface area (Å²) in [6, 6.07) is 6.04. The summed E-state index contributed by atoms with van der Waals surface area (Å²) >= 11 is 5.48. The monoisotopic (exact) mass is 216 g/mol. The molecule has 0 radical (unpaired) electrons. The third-order valence-electron chi connectivity index (χ3n) is 1.94. The van der Waals surface area contributed by atoms with Crippen LogP contribution in [0.5, 0.6) is 0 Å². The molecule has 3 nitrogen and oxygen atoms in total. The van der Waals surface area contributed by atoms with E-state index in [-0.39, 0.29) is 10.5 Å². The SMILES string of the molecule is O=C1c2ccccc2S(=O)(=O)C1Cl. The van der Waals surface area contributed by atoms with Crippen molar-refractivity contribution in [1.82, 2.24) is 0 Å². The highest BCUT2D eigenvalue weighted by molar-refractivity contribution is 7.94. The average Bonchev–Trinajstić information content (AvgIpc) is 2.30. The first-order valence-corrected chi connectivity index (χ1v) is 5.54. The molecule has 1 aliphatic heterocycles. The van der Waals surface area contributed by atoms with Gasteiger partial charge in [0.1, 0.15) is 0 Å². The molecule has 1 atom stereocenters. The van der Waals surface area contributed by atoms with Crippen molar-refractivity contribution in [2.75, 3.05) is 0 Å². The van der Waals surface area contributed by atoms with Crippen molar-refractivity contribution in [3.8, 4) is 0 Å². The smallest absolute Gasteiger partial charge is 0.203 e. The van der Waals surface area contributed by atoms with E-state index in [4.69, 9.17) is 11.6 Å². The van der Waals surface area contributed by atoms with Crippen LogP contribution in [-0.2, 0) is 9.84 Å². The predicted octanol–water partition coefficient (Wildman–Crippen LogP) is 1.22. The van der Waals surface area contributed by atoms with Gasteiger partial charge in [-0.15, -0.1) is 0 Å². The summed E-state index contributed by atoms with van der Waals surface area (Å²) in [5.41, 5.74) is 0.197. The number of carbonyl (C=O) groups excluding carboxylic acids is 1. The lowest BCUT2D eigenvalue weighted by Gasteiger charge is -1.95. The Morgan fingerprint density at radius 3 is 2.46 bits per heavy atom. The lowest BCUT2D eigenvalue weighted by atomic mass is 10.2. The Labute approximate surface area is 80.2 Å². The Bertz CT molecular complexity index is 478. The van der Waals surface area contributed by atoms with Gasteiger partial charge in [0.05, 0.1) is 4.90 Å². The zero-order chi connectivity index (χ0) is 9.64. The molecule has 0 N–H and O–H groups in total. The van der Waals surface area contributed by atoms with Gasteiger partial charge in [-0.25, -0.2) is 8.42 Å². The first kappa shape index (κ1) is 8.72. The molecule has 1 aromatic carbocycles. The molecule has 0 saturated carbocycles. The van der Waals surface area contributed by atoms with Gasteiger partial charge in [0.25, 0.3) is 0 Å². The standard InChI is InChI=1S/C8H5ClO3S/c9-8-7(10)5-3-1-2-4-6(5)13(8,11)12/h1-4,8H. The number of fused-ring (bicyclic) bond motifs is 1. The van der Waals surface area contributed by atoms with E-state index in [0.29, 0.717) is 0 Å². The Balaban J connectivity index is 2.83. The third kappa shape index (κ3) is 1.02. The number of ketones is 1. The van der Waals surface area contributed by atoms with Gasteiger partial charge in [-0.1, -0.05) is 23.7 Å². The second-order valence-corrected chi connectivity index (χ2v) is 5.42. The van der Waals surface area contributed by atoms with Gasteiger partial charge in [0, 0.05) is 5.56 Å². The van der Waals surface area contributed by atoms with Crippen LogP contribution in [0.25, 0.3) is 0 Å². The van der Waals surface area contributed by atoms with Gasteiger partial charge in [-0.2, -0.15) is 0 Å². The molecule has 1 aliphatic rings. The molecule has 13 heavy (non-hydrogen) atoms. The van der Waals surface area contributed by atoms with Crippen molar-refractivity contribution in [3.63, 3.8) is 0 Å². The maximum Gasteiger partial charge on any atom is 0.203 e. The quantitative estimate of drug-likeness (QED) is 0.613. The van der Waals surface area contributed by atoms with Crippen LogP contribution in [0.4, 0.5) is 0 Å². The number of hydrogen-bond donors (Lipinski definition) is 0. The van der Waals surface area contributed by atoms with Gasteiger partial charge < -0.3 is 0 Å². The normalized spacial score (nSPS) is 24.4. The lowest BCUT2D eigenvalue weighted by molar-refractivity contribution is 0.101. The van der Waals surface area contributed by atoms with Crippen LogP contribution in [-0.4, -0.2) is 18.9 Å². The molecule has 0 spiro atoms. The van der Waals surface area contributed by atoms with Gasteiger partial charge in [0.15, 0.2) is 5.78 Å². The Hall–Kier alpha value is -0.870. The van der Waals surface area contributed by atoms with Gasteiger partial charge in [-0.05, 0) is 12.1 Å². The second-order valence-electron chi connectivity index (χ2n) is 2.72. The van der Waals surface area contributed by atoms with Crippen molar-refractivity contribution in [1.29, 1.82) is 0 Å². The zero-order valence-corrected chi connectivity index (χ0v) is 7.97. The molecule has 0 fully saturated rings. The maximum atomic E-state index is 11.4. The fourth-order valence-electron chi connectivity index (χ4n) is 1.29. The largest absolute Gasteiger partial charge is 0.291 e. The van der Waals surface area contributed by atoms with E-state index in [2.05, 4.69) is 0 Å². The molecular formula is C8H5ClO3S. The lowest BCUT2D eigenvalue weighted by Crippen LogP contribution is -2.14. The minimum absolute atomic E-state index is 0.0417. The van der Waals surface area contributed by atoms with Crippen LogP contribution in [0, 0.1) is 0 Å². The maximum absolute atomic E-state index is 11.4. The third-order valence-corrected chi connectivity index (χ3v) is 4.57. The van der Waals surface area contributed by atoms with Gasteiger partial charge in [0.2, 0.25) is 14.5 Å². The molecule has 0 saturated heterocycles. The van der Waals surface area contributed by atoms with Crippen molar-refractivity contribution in [2.45, 2.75) is 9.60 Å². The minimum atomic E-state index is -3.62. The molecule has 2 rings (SSSR count). The van der Waals surface area contributed by atoms with E-state index in [1.54, 1.807) is 12.1 Å². The molecular weight excluding hydrogens is 212 g/mol. The topological polar surface area (TPSA) is 51.2 Å². The molecule has 1 heterocycles. The van der Waals surface area contributed by atoms with Crippen molar-refractivity contribution < 1.29 is 13.2 Å². The Morgan fingerprint density at radius 1 is 1.23 bits per heavy atom. The van der Waals surface area contributed by atoms with Crippen molar-refractivity contribution in [3.05, 3.63) is 29.8 Å². The fourth-order valence-corrected chi connectivity index (χ4v) is 3.07. The molecule has 1 unspecified atom stereocenters. The highest BCUT2D eigenvalue weighted by atomic mass is 35.5. The Morgan fingerprint density at radius 2 is 1.85 bits per heavy atom. The van der Waals surface area contributed by atoms with Crippen LogP contribution in [0.15, 0.2) is 29.2 Å². The van der Waals surface area contributed by atoms with Crippen LogP contribution >= 0.6 is 11.6 Å². The highest BCUT2D eigenvalue weighted by Gasteiger charge is 2.42. The summed E-state index contributed by atoms with van der Waals surface area (Å²) in [6.07, 6.45) is 0. The van der Waals surface area contributed by atoms with E-state index >= 15 is 0 Å². The number of benzene rings is 1. The molecule has 68 valence electrons. The van der Waals surface area contributed by atoms with Crippen LogP contribution in [0.2, 0.25) is 0 Å². The number of hydrogen-bond acceptors (Lipinski definition) is 3.